The second-order valence-corrected chi connectivity index (χ2v) is 7.97. The van der Waals surface area contributed by atoms with E-state index in [-0.39, 0.29) is 24.5 Å². The zero-order valence-electron chi connectivity index (χ0n) is 18.8. The topological polar surface area (TPSA) is 61.9 Å². The van der Waals surface area contributed by atoms with Crippen LogP contribution in [0.1, 0.15) is 50.3 Å². The minimum Gasteiger partial charge on any atom is -0.495 e. The van der Waals surface area contributed by atoms with Crippen molar-refractivity contribution >= 4 is 17.6 Å². The summed E-state index contributed by atoms with van der Waals surface area (Å²) in [5, 5.41) is 2.91. The summed E-state index contributed by atoms with van der Waals surface area (Å²) >= 11 is 0. The predicted molar refractivity (Wildman–Crippen MR) is 123 cm³/mol. The van der Waals surface area contributed by atoms with Crippen LogP contribution in [-0.2, 0) is 11.2 Å². The highest BCUT2D eigenvalue weighted by atomic mass is 16.5. The molecule has 6 heteroatoms. The minimum atomic E-state index is -0.279. The van der Waals surface area contributed by atoms with Gasteiger partial charge in [0, 0.05) is 13.1 Å². The van der Waals surface area contributed by atoms with E-state index < -0.39 is 0 Å². The van der Waals surface area contributed by atoms with Gasteiger partial charge in [-0.25, -0.2) is 4.79 Å². The average molecular weight is 424 g/mol. The molecule has 6 nitrogen and oxygen atoms in total. The van der Waals surface area contributed by atoms with Gasteiger partial charge in [0.25, 0.3) is 0 Å². The molecule has 0 fully saturated rings. The molecule has 1 N–H and O–H groups in total. The average Bonchev–Trinajstić information content (AvgIpc) is 2.79. The number of para-hydroxylation sites is 2. The Morgan fingerprint density at radius 1 is 1.13 bits per heavy atom. The first-order chi connectivity index (χ1) is 15.0. The first-order valence-electron chi connectivity index (χ1n) is 11.1. The van der Waals surface area contributed by atoms with Crippen molar-refractivity contribution in [1.29, 1.82) is 0 Å². The lowest BCUT2D eigenvalue weighted by Gasteiger charge is -2.36. The van der Waals surface area contributed by atoms with Gasteiger partial charge in [-0.2, -0.15) is 0 Å². The fraction of sp³-hybridized carbons (Fsp3) is 0.440. The summed E-state index contributed by atoms with van der Waals surface area (Å²) in [6, 6.07) is 15.3. The monoisotopic (exact) mass is 423 g/mol. The van der Waals surface area contributed by atoms with Crippen molar-refractivity contribution in [3.8, 4) is 5.75 Å². The quantitative estimate of drug-likeness (QED) is 0.617. The number of carbonyl (C=O) groups excluding carboxylic acids is 2. The fourth-order valence-corrected chi connectivity index (χ4v) is 4.11. The number of benzene rings is 2. The van der Waals surface area contributed by atoms with Gasteiger partial charge in [0.05, 0.1) is 18.8 Å². The van der Waals surface area contributed by atoms with Crippen LogP contribution in [0.5, 0.6) is 5.75 Å². The second-order valence-electron chi connectivity index (χ2n) is 7.97. The van der Waals surface area contributed by atoms with Crippen LogP contribution in [0.15, 0.2) is 48.5 Å². The highest BCUT2D eigenvalue weighted by Crippen LogP contribution is 2.29. The third-order valence-corrected chi connectivity index (χ3v) is 5.91. The lowest BCUT2D eigenvalue weighted by molar-refractivity contribution is -0.134. The molecule has 1 unspecified atom stereocenters. The number of fused-ring (bicyclic) bond motifs is 1. The summed E-state index contributed by atoms with van der Waals surface area (Å²) < 4.78 is 5.34. The number of rotatable bonds is 8. The van der Waals surface area contributed by atoms with E-state index in [0.717, 1.165) is 25.7 Å². The van der Waals surface area contributed by atoms with Gasteiger partial charge in [0.15, 0.2) is 0 Å². The maximum atomic E-state index is 13.2. The molecule has 31 heavy (non-hydrogen) atoms. The number of nitrogens with one attached hydrogen (secondary N) is 1. The molecule has 0 saturated carbocycles. The van der Waals surface area contributed by atoms with E-state index in [2.05, 4.69) is 31.3 Å². The third-order valence-electron chi connectivity index (χ3n) is 5.91. The van der Waals surface area contributed by atoms with Crippen LogP contribution in [0, 0.1) is 0 Å². The number of ether oxygens (including phenoxy) is 1. The number of anilines is 1. The Hall–Kier alpha value is -3.02. The summed E-state index contributed by atoms with van der Waals surface area (Å²) in [7, 11) is 1.57. The summed E-state index contributed by atoms with van der Waals surface area (Å²) in [5.74, 6) is 0.575. The molecule has 3 rings (SSSR count). The number of unbranched alkanes of at least 4 members (excludes halogenated alkanes) is 2. The smallest absolute Gasteiger partial charge is 0.322 e. The molecule has 0 saturated heterocycles. The Balaban J connectivity index is 1.71. The van der Waals surface area contributed by atoms with Crippen molar-refractivity contribution in [2.75, 3.05) is 32.1 Å². The molecule has 0 radical (unpaired) electrons. The number of urea groups is 1. The van der Waals surface area contributed by atoms with Crippen molar-refractivity contribution in [2.24, 2.45) is 0 Å². The second kappa shape index (κ2) is 10.8. The van der Waals surface area contributed by atoms with Gasteiger partial charge in [0.1, 0.15) is 12.3 Å². The largest absolute Gasteiger partial charge is 0.495 e. The molecule has 2 aromatic carbocycles. The Bertz CT molecular complexity index is 899. The van der Waals surface area contributed by atoms with E-state index >= 15 is 0 Å². The van der Waals surface area contributed by atoms with Crippen LogP contribution in [0.4, 0.5) is 10.5 Å². The van der Waals surface area contributed by atoms with Crippen LogP contribution in [-0.4, -0.2) is 48.5 Å². The van der Waals surface area contributed by atoms with E-state index in [1.165, 1.54) is 11.1 Å². The van der Waals surface area contributed by atoms with Crippen LogP contribution >= 0.6 is 0 Å². The zero-order chi connectivity index (χ0) is 22.2. The Morgan fingerprint density at radius 3 is 2.65 bits per heavy atom. The molecule has 1 heterocycles. The molecule has 3 amide bonds. The molecule has 2 aromatic rings. The van der Waals surface area contributed by atoms with Crippen LogP contribution < -0.4 is 10.1 Å². The lowest BCUT2D eigenvalue weighted by Crippen LogP contribution is -2.47. The van der Waals surface area contributed by atoms with Crippen molar-refractivity contribution in [3.05, 3.63) is 59.7 Å². The number of methoxy groups -OCH3 is 1. The normalized spacial score (nSPS) is 15.2. The molecular weight excluding hydrogens is 390 g/mol. The standard InChI is InChI=1S/C25H33N3O3/c1-4-5-10-16-27(25(30)26-22-13-8-9-14-23(22)31-3)18-24(29)28-17-15-20-11-6-7-12-21(20)19(28)2/h6-9,11-14,19H,4-5,10,15-18H2,1-3H3,(H,26,30). The van der Waals surface area contributed by atoms with E-state index in [1.54, 1.807) is 24.1 Å². The first kappa shape index (κ1) is 22.7. The SMILES string of the molecule is CCCCCN(CC(=O)N1CCc2ccccc2C1C)C(=O)Nc1ccccc1OC. The van der Waals surface area contributed by atoms with Crippen molar-refractivity contribution in [2.45, 2.75) is 45.6 Å². The van der Waals surface area contributed by atoms with E-state index in [1.807, 2.05) is 29.2 Å². The van der Waals surface area contributed by atoms with E-state index in [4.69, 9.17) is 4.74 Å². The Labute approximate surface area is 185 Å². The molecule has 1 aliphatic heterocycles. The van der Waals surface area contributed by atoms with Crippen molar-refractivity contribution < 1.29 is 14.3 Å². The molecule has 0 spiro atoms. The predicted octanol–water partition coefficient (Wildman–Crippen LogP) is 4.87. The number of amides is 3. The Kier molecular flexibility index (Phi) is 7.93. The summed E-state index contributed by atoms with van der Waals surface area (Å²) in [4.78, 5) is 29.8. The number of carbonyl (C=O) groups is 2. The van der Waals surface area contributed by atoms with Crippen LogP contribution in [0.2, 0.25) is 0 Å². The van der Waals surface area contributed by atoms with E-state index in [0.29, 0.717) is 24.5 Å². The Morgan fingerprint density at radius 2 is 1.87 bits per heavy atom. The number of nitrogens with zero attached hydrogens (tertiary/aromatic N) is 2. The van der Waals surface area contributed by atoms with E-state index in [9.17, 15) is 9.59 Å². The van der Waals surface area contributed by atoms with Crippen LogP contribution in [0.3, 0.4) is 0 Å². The van der Waals surface area contributed by atoms with Gasteiger partial charge in [-0.15, -0.1) is 0 Å². The minimum absolute atomic E-state index is 0.00669. The summed E-state index contributed by atoms with van der Waals surface area (Å²) in [5.41, 5.74) is 3.09. The van der Waals surface area contributed by atoms with Crippen molar-refractivity contribution in [1.82, 2.24) is 9.80 Å². The van der Waals surface area contributed by atoms with Gasteiger partial charge in [-0.05, 0) is 43.0 Å². The molecule has 0 aromatic heterocycles. The van der Waals surface area contributed by atoms with Gasteiger partial charge in [0.2, 0.25) is 5.91 Å². The molecule has 0 bridgehead atoms. The third kappa shape index (κ3) is 5.57. The van der Waals surface area contributed by atoms with Gasteiger partial charge in [-0.3, -0.25) is 4.79 Å². The van der Waals surface area contributed by atoms with Gasteiger partial charge >= 0.3 is 6.03 Å². The molecule has 0 aliphatic carbocycles. The zero-order valence-corrected chi connectivity index (χ0v) is 18.8. The van der Waals surface area contributed by atoms with Crippen LogP contribution in [0.25, 0.3) is 0 Å². The highest BCUT2D eigenvalue weighted by molar-refractivity contribution is 5.93. The number of hydrogen-bond acceptors (Lipinski definition) is 3. The maximum absolute atomic E-state index is 13.2. The number of hydrogen-bond donors (Lipinski definition) is 1. The lowest BCUT2D eigenvalue weighted by atomic mass is 9.93. The van der Waals surface area contributed by atoms with Crippen molar-refractivity contribution in [3.63, 3.8) is 0 Å². The molecule has 1 atom stereocenters. The molecule has 166 valence electrons. The highest BCUT2D eigenvalue weighted by Gasteiger charge is 2.29. The summed E-state index contributed by atoms with van der Waals surface area (Å²) in [6.45, 7) is 5.47. The van der Waals surface area contributed by atoms with Gasteiger partial charge < -0.3 is 19.9 Å². The fourth-order valence-electron chi connectivity index (χ4n) is 4.11. The van der Waals surface area contributed by atoms with Gasteiger partial charge in [-0.1, -0.05) is 56.2 Å². The molecular formula is C25H33N3O3. The summed E-state index contributed by atoms with van der Waals surface area (Å²) in [6.07, 6.45) is 3.77. The molecule has 1 aliphatic rings. The first-order valence-corrected chi connectivity index (χ1v) is 11.1. The maximum Gasteiger partial charge on any atom is 0.322 e.